The number of hydrogen-bond acceptors (Lipinski definition) is 4. The lowest BCUT2D eigenvalue weighted by molar-refractivity contribution is 0.0260. The van der Waals surface area contributed by atoms with E-state index in [1.54, 1.807) is 6.20 Å². The lowest BCUT2D eigenvalue weighted by Gasteiger charge is -2.14. The van der Waals surface area contributed by atoms with Crippen molar-refractivity contribution in [3.05, 3.63) is 41.0 Å². The number of hydrogen-bond donors (Lipinski definition) is 2. The van der Waals surface area contributed by atoms with Gasteiger partial charge in [-0.1, -0.05) is 31.5 Å². The van der Waals surface area contributed by atoms with Crippen LogP contribution in [0.4, 0.5) is 0 Å². The van der Waals surface area contributed by atoms with E-state index in [1.165, 1.54) is 0 Å². The second-order valence-corrected chi connectivity index (χ2v) is 6.29. The van der Waals surface area contributed by atoms with Crippen molar-refractivity contribution in [3.63, 3.8) is 0 Å². The van der Waals surface area contributed by atoms with Gasteiger partial charge in [0, 0.05) is 36.3 Å². The Labute approximate surface area is 136 Å². The highest BCUT2D eigenvalue weighted by molar-refractivity contribution is 6.31. The lowest BCUT2D eigenvalue weighted by Crippen LogP contribution is -2.30. The van der Waals surface area contributed by atoms with Crippen LogP contribution in [-0.4, -0.2) is 36.0 Å². The van der Waals surface area contributed by atoms with Gasteiger partial charge >= 0.3 is 0 Å². The van der Waals surface area contributed by atoms with Gasteiger partial charge in [0.2, 0.25) is 0 Å². The average molecular weight is 323 g/mol. The molecular weight excluding hydrogens is 300 g/mol. The minimum Gasteiger partial charge on any atom is -0.389 e. The molecule has 0 saturated carbocycles. The SMILES string of the molecule is CC(C)COCC(O)CNCc1cc(Cl)cc2cccnc12. The van der Waals surface area contributed by atoms with Gasteiger partial charge < -0.3 is 15.2 Å². The standard InChI is InChI=1S/C17H23ClN2O2/c1-12(2)10-22-11-16(21)9-19-8-14-7-15(18)6-13-4-3-5-20-17(13)14/h3-7,12,16,19,21H,8-11H2,1-2H3. The van der Waals surface area contributed by atoms with Crippen LogP contribution in [0.3, 0.4) is 0 Å². The van der Waals surface area contributed by atoms with E-state index in [2.05, 4.69) is 24.1 Å². The van der Waals surface area contributed by atoms with Crippen LogP contribution in [0.1, 0.15) is 19.4 Å². The minimum absolute atomic E-state index is 0.347. The van der Waals surface area contributed by atoms with E-state index in [1.807, 2.05) is 24.3 Å². The first-order valence-electron chi connectivity index (χ1n) is 7.56. The summed E-state index contributed by atoms with van der Waals surface area (Å²) < 4.78 is 5.43. The molecule has 0 saturated heterocycles. The maximum absolute atomic E-state index is 9.88. The minimum atomic E-state index is -0.517. The number of nitrogens with one attached hydrogen (secondary N) is 1. The number of aromatic nitrogens is 1. The molecule has 0 radical (unpaired) electrons. The Morgan fingerprint density at radius 3 is 2.91 bits per heavy atom. The third-order valence-electron chi connectivity index (χ3n) is 3.21. The third-order valence-corrected chi connectivity index (χ3v) is 3.42. The summed E-state index contributed by atoms with van der Waals surface area (Å²) in [6, 6.07) is 7.70. The van der Waals surface area contributed by atoms with Crippen molar-refractivity contribution >= 4 is 22.5 Å². The molecule has 1 atom stereocenters. The zero-order valence-corrected chi connectivity index (χ0v) is 13.8. The summed E-state index contributed by atoms with van der Waals surface area (Å²) in [6.45, 7) is 6.26. The number of aliphatic hydroxyl groups excluding tert-OH is 1. The van der Waals surface area contributed by atoms with E-state index in [0.29, 0.717) is 37.2 Å². The molecule has 0 amide bonds. The van der Waals surface area contributed by atoms with Gasteiger partial charge in [-0.2, -0.15) is 0 Å². The van der Waals surface area contributed by atoms with E-state index in [0.717, 1.165) is 16.5 Å². The molecule has 4 nitrogen and oxygen atoms in total. The number of ether oxygens (including phenoxy) is 1. The highest BCUT2D eigenvalue weighted by Gasteiger charge is 2.07. The molecule has 0 bridgehead atoms. The Morgan fingerprint density at radius 2 is 2.14 bits per heavy atom. The molecule has 2 N–H and O–H groups in total. The number of halogens is 1. The van der Waals surface area contributed by atoms with Crippen LogP contribution in [0, 0.1) is 5.92 Å². The van der Waals surface area contributed by atoms with Crippen molar-refractivity contribution in [2.75, 3.05) is 19.8 Å². The van der Waals surface area contributed by atoms with E-state index < -0.39 is 6.10 Å². The monoisotopic (exact) mass is 322 g/mol. The molecule has 2 rings (SSSR count). The Bertz CT molecular complexity index is 604. The fourth-order valence-electron chi connectivity index (χ4n) is 2.23. The summed E-state index contributed by atoms with van der Waals surface area (Å²) in [5.74, 6) is 0.476. The molecule has 22 heavy (non-hydrogen) atoms. The summed E-state index contributed by atoms with van der Waals surface area (Å²) in [6.07, 6.45) is 1.26. The molecular formula is C17H23ClN2O2. The van der Waals surface area contributed by atoms with Gasteiger partial charge in [-0.05, 0) is 29.7 Å². The number of fused-ring (bicyclic) bond motifs is 1. The van der Waals surface area contributed by atoms with Crippen molar-refractivity contribution in [1.29, 1.82) is 0 Å². The van der Waals surface area contributed by atoms with Gasteiger partial charge in [-0.15, -0.1) is 0 Å². The maximum atomic E-state index is 9.88. The van der Waals surface area contributed by atoms with Crippen LogP contribution >= 0.6 is 11.6 Å². The highest BCUT2D eigenvalue weighted by Crippen LogP contribution is 2.22. The predicted octanol–water partition coefficient (Wildman–Crippen LogP) is 3.01. The molecule has 5 heteroatoms. The number of pyridine rings is 1. The van der Waals surface area contributed by atoms with E-state index in [9.17, 15) is 5.11 Å². The van der Waals surface area contributed by atoms with E-state index in [-0.39, 0.29) is 0 Å². The van der Waals surface area contributed by atoms with Crippen LogP contribution in [0.25, 0.3) is 10.9 Å². The zero-order valence-electron chi connectivity index (χ0n) is 13.1. The normalized spacial score (nSPS) is 13.0. The Kier molecular flexibility index (Phi) is 6.58. The average Bonchev–Trinajstić information content (AvgIpc) is 2.46. The van der Waals surface area contributed by atoms with Gasteiger partial charge in [0.25, 0.3) is 0 Å². The molecule has 1 heterocycles. The van der Waals surface area contributed by atoms with Crippen LogP contribution in [0.15, 0.2) is 30.5 Å². The molecule has 1 unspecified atom stereocenters. The smallest absolute Gasteiger partial charge is 0.0897 e. The summed E-state index contributed by atoms with van der Waals surface area (Å²) >= 11 is 6.14. The predicted molar refractivity (Wildman–Crippen MR) is 90.1 cm³/mol. The van der Waals surface area contributed by atoms with Crippen LogP contribution in [0.2, 0.25) is 5.02 Å². The summed E-state index contributed by atoms with van der Waals surface area (Å²) in [4.78, 5) is 4.40. The first-order chi connectivity index (χ1) is 10.6. The first-order valence-corrected chi connectivity index (χ1v) is 7.93. The Balaban J connectivity index is 1.87. The van der Waals surface area contributed by atoms with Gasteiger partial charge in [0.15, 0.2) is 0 Å². The molecule has 0 spiro atoms. The maximum Gasteiger partial charge on any atom is 0.0897 e. The molecule has 0 aliphatic heterocycles. The zero-order chi connectivity index (χ0) is 15.9. The van der Waals surface area contributed by atoms with E-state index in [4.69, 9.17) is 16.3 Å². The van der Waals surface area contributed by atoms with Crippen molar-refractivity contribution < 1.29 is 9.84 Å². The third kappa shape index (κ3) is 5.21. The van der Waals surface area contributed by atoms with Crippen molar-refractivity contribution in [2.45, 2.75) is 26.5 Å². The summed E-state index contributed by atoms with van der Waals surface area (Å²) in [5, 5.41) is 14.8. The number of aliphatic hydroxyl groups is 1. The van der Waals surface area contributed by atoms with Crippen LogP contribution < -0.4 is 5.32 Å². The summed E-state index contributed by atoms with van der Waals surface area (Å²) in [7, 11) is 0. The number of nitrogens with zero attached hydrogens (tertiary/aromatic N) is 1. The molecule has 2 aromatic rings. The fourth-order valence-corrected chi connectivity index (χ4v) is 2.48. The number of rotatable bonds is 8. The van der Waals surface area contributed by atoms with Crippen molar-refractivity contribution in [2.24, 2.45) is 5.92 Å². The largest absolute Gasteiger partial charge is 0.389 e. The molecule has 0 aliphatic carbocycles. The molecule has 1 aromatic carbocycles. The van der Waals surface area contributed by atoms with Crippen LogP contribution in [-0.2, 0) is 11.3 Å². The molecule has 0 fully saturated rings. The molecule has 120 valence electrons. The van der Waals surface area contributed by atoms with Gasteiger partial charge in [0.05, 0.1) is 18.2 Å². The van der Waals surface area contributed by atoms with Crippen molar-refractivity contribution in [1.82, 2.24) is 10.3 Å². The van der Waals surface area contributed by atoms with Gasteiger partial charge in [-0.25, -0.2) is 0 Å². The highest BCUT2D eigenvalue weighted by atomic mass is 35.5. The van der Waals surface area contributed by atoms with Gasteiger partial charge in [0.1, 0.15) is 0 Å². The molecule has 0 aliphatic rings. The second kappa shape index (κ2) is 8.44. The fraction of sp³-hybridized carbons (Fsp3) is 0.471. The summed E-state index contributed by atoms with van der Waals surface area (Å²) in [5.41, 5.74) is 1.96. The first kappa shape index (κ1) is 17.2. The number of benzene rings is 1. The lowest BCUT2D eigenvalue weighted by atomic mass is 10.1. The van der Waals surface area contributed by atoms with E-state index >= 15 is 0 Å². The van der Waals surface area contributed by atoms with Crippen molar-refractivity contribution in [3.8, 4) is 0 Å². The molecule has 1 aromatic heterocycles. The quantitative estimate of drug-likeness (QED) is 0.784. The van der Waals surface area contributed by atoms with Crippen LogP contribution in [0.5, 0.6) is 0 Å². The van der Waals surface area contributed by atoms with Gasteiger partial charge in [-0.3, -0.25) is 4.98 Å². The second-order valence-electron chi connectivity index (χ2n) is 5.86. The Hall–Kier alpha value is -1.20. The topological polar surface area (TPSA) is 54.4 Å². The Morgan fingerprint density at radius 1 is 1.32 bits per heavy atom.